The molecular formula is C13H19N3OS2. The third-order valence-corrected chi connectivity index (χ3v) is 5.59. The number of aromatic nitrogens is 1. The molecule has 2 heterocycles. The van der Waals surface area contributed by atoms with Crippen LogP contribution in [0.25, 0.3) is 0 Å². The summed E-state index contributed by atoms with van der Waals surface area (Å²) in [5.74, 6) is 3.58. The van der Waals surface area contributed by atoms with Gasteiger partial charge in [-0.1, -0.05) is 0 Å². The van der Waals surface area contributed by atoms with Crippen molar-refractivity contribution in [2.24, 2.45) is 0 Å². The lowest BCUT2D eigenvalue weighted by molar-refractivity contribution is 0.0951. The van der Waals surface area contributed by atoms with Crippen LogP contribution in [-0.2, 0) is 0 Å². The average molecular weight is 297 g/mol. The number of anilines is 1. The zero-order valence-corrected chi connectivity index (χ0v) is 12.6. The summed E-state index contributed by atoms with van der Waals surface area (Å²) in [5.41, 5.74) is 1.44. The second kappa shape index (κ2) is 7.65. The van der Waals surface area contributed by atoms with Crippen LogP contribution in [0, 0.1) is 0 Å². The van der Waals surface area contributed by atoms with E-state index >= 15 is 0 Å². The van der Waals surface area contributed by atoms with Crippen molar-refractivity contribution in [1.29, 1.82) is 0 Å². The maximum absolute atomic E-state index is 11.7. The minimum absolute atomic E-state index is 0.117. The number of carbonyl (C=O) groups excluding carboxylic acids is 1. The molecule has 0 saturated carbocycles. The van der Waals surface area contributed by atoms with Gasteiger partial charge in [-0.05, 0) is 19.1 Å². The van der Waals surface area contributed by atoms with Gasteiger partial charge in [0, 0.05) is 47.5 Å². The van der Waals surface area contributed by atoms with Crippen molar-refractivity contribution < 1.29 is 4.79 Å². The van der Waals surface area contributed by atoms with E-state index in [1.54, 1.807) is 6.20 Å². The summed E-state index contributed by atoms with van der Waals surface area (Å²) in [6.45, 7) is 3.46. The van der Waals surface area contributed by atoms with Crippen molar-refractivity contribution in [1.82, 2.24) is 10.3 Å². The number of hydrogen-bond donors (Lipinski definition) is 2. The number of hydrogen-bond acceptors (Lipinski definition) is 5. The highest BCUT2D eigenvalue weighted by Crippen LogP contribution is 2.24. The van der Waals surface area contributed by atoms with Gasteiger partial charge in [-0.15, -0.1) is 0 Å². The number of pyridine rings is 1. The number of carbonyl (C=O) groups is 1. The summed E-state index contributed by atoms with van der Waals surface area (Å²) in [4.78, 5) is 15.8. The maximum atomic E-state index is 11.7. The Labute approximate surface area is 122 Å². The fraction of sp³-hybridized carbons (Fsp3) is 0.538. The summed E-state index contributed by atoms with van der Waals surface area (Å²) in [6, 6.07) is 3.72. The van der Waals surface area contributed by atoms with Crippen molar-refractivity contribution in [2.45, 2.75) is 12.2 Å². The Hall–Kier alpha value is -0.880. The zero-order chi connectivity index (χ0) is 13.5. The van der Waals surface area contributed by atoms with Crippen LogP contribution in [0.15, 0.2) is 18.3 Å². The quantitative estimate of drug-likeness (QED) is 0.871. The van der Waals surface area contributed by atoms with Gasteiger partial charge in [-0.25, -0.2) is 0 Å². The van der Waals surface area contributed by atoms with Crippen LogP contribution < -0.4 is 10.6 Å². The molecule has 1 saturated heterocycles. The molecule has 1 aliphatic heterocycles. The van der Waals surface area contributed by atoms with Crippen molar-refractivity contribution >= 4 is 35.1 Å². The van der Waals surface area contributed by atoms with Crippen LogP contribution in [0.2, 0.25) is 0 Å². The first kappa shape index (κ1) is 14.5. The van der Waals surface area contributed by atoms with Crippen molar-refractivity contribution in [3.8, 4) is 0 Å². The predicted molar refractivity (Wildman–Crippen MR) is 84.3 cm³/mol. The van der Waals surface area contributed by atoms with Gasteiger partial charge in [-0.2, -0.15) is 23.5 Å². The Morgan fingerprint density at radius 1 is 1.53 bits per heavy atom. The van der Waals surface area contributed by atoms with Gasteiger partial charge in [-0.3, -0.25) is 9.78 Å². The minimum Gasteiger partial charge on any atom is -0.384 e. The molecule has 0 radical (unpaired) electrons. The molecular weight excluding hydrogens is 278 g/mol. The third kappa shape index (κ3) is 4.62. The monoisotopic (exact) mass is 297 g/mol. The first-order valence-electron chi connectivity index (χ1n) is 6.47. The van der Waals surface area contributed by atoms with Crippen molar-refractivity contribution in [3.05, 3.63) is 24.0 Å². The number of thioether (sulfide) groups is 2. The maximum Gasteiger partial charge on any atom is 0.269 e. The van der Waals surface area contributed by atoms with E-state index in [0.29, 0.717) is 17.5 Å². The zero-order valence-electron chi connectivity index (χ0n) is 11.0. The first-order valence-corrected chi connectivity index (χ1v) is 8.67. The minimum atomic E-state index is -0.117. The second-order valence-electron chi connectivity index (χ2n) is 4.24. The molecule has 1 fully saturated rings. The van der Waals surface area contributed by atoms with Crippen molar-refractivity contribution in [3.63, 3.8) is 0 Å². The van der Waals surface area contributed by atoms with Crippen LogP contribution in [0.1, 0.15) is 17.4 Å². The van der Waals surface area contributed by atoms with E-state index in [1.165, 1.54) is 17.3 Å². The van der Waals surface area contributed by atoms with E-state index < -0.39 is 0 Å². The average Bonchev–Trinajstić information content (AvgIpc) is 2.47. The van der Waals surface area contributed by atoms with Crippen LogP contribution in [-0.4, -0.2) is 46.5 Å². The molecule has 1 aliphatic rings. The smallest absolute Gasteiger partial charge is 0.269 e. The van der Waals surface area contributed by atoms with E-state index in [2.05, 4.69) is 15.6 Å². The Balaban J connectivity index is 1.89. The Bertz CT molecular complexity index is 422. The van der Waals surface area contributed by atoms with Crippen LogP contribution in [0.3, 0.4) is 0 Å². The van der Waals surface area contributed by atoms with E-state index in [0.717, 1.165) is 12.2 Å². The van der Waals surface area contributed by atoms with Gasteiger partial charge in [0.25, 0.3) is 5.91 Å². The van der Waals surface area contributed by atoms with E-state index in [9.17, 15) is 4.79 Å². The van der Waals surface area contributed by atoms with E-state index in [-0.39, 0.29) is 5.91 Å². The number of amides is 1. The molecule has 0 bridgehead atoms. The molecule has 19 heavy (non-hydrogen) atoms. The van der Waals surface area contributed by atoms with Crippen LogP contribution in [0.4, 0.5) is 5.69 Å². The van der Waals surface area contributed by atoms with Gasteiger partial charge in [0.15, 0.2) is 0 Å². The summed E-state index contributed by atoms with van der Waals surface area (Å²) in [7, 11) is 0. The molecule has 1 unspecified atom stereocenters. The number of rotatable bonds is 5. The highest BCUT2D eigenvalue weighted by molar-refractivity contribution is 8.06. The van der Waals surface area contributed by atoms with Crippen LogP contribution in [0.5, 0.6) is 0 Å². The Morgan fingerprint density at radius 3 is 3.16 bits per heavy atom. The molecule has 0 aliphatic carbocycles. The molecule has 0 aromatic carbocycles. The molecule has 1 atom stereocenters. The lowest BCUT2D eigenvalue weighted by atomic mass is 10.3. The normalized spacial score (nSPS) is 18.9. The van der Waals surface area contributed by atoms with E-state index in [1.807, 2.05) is 42.6 Å². The fourth-order valence-corrected chi connectivity index (χ4v) is 4.41. The Kier molecular flexibility index (Phi) is 5.85. The number of nitrogens with zero attached hydrogens (tertiary/aromatic N) is 1. The Morgan fingerprint density at radius 2 is 2.42 bits per heavy atom. The molecule has 1 aromatic heterocycles. The van der Waals surface area contributed by atoms with Gasteiger partial charge in [0.1, 0.15) is 5.69 Å². The number of nitrogens with one attached hydrogen (secondary N) is 2. The van der Waals surface area contributed by atoms with Gasteiger partial charge >= 0.3 is 0 Å². The third-order valence-electron chi connectivity index (χ3n) is 2.75. The molecule has 104 valence electrons. The topological polar surface area (TPSA) is 54.0 Å². The van der Waals surface area contributed by atoms with Crippen LogP contribution >= 0.6 is 23.5 Å². The van der Waals surface area contributed by atoms with Gasteiger partial charge < -0.3 is 10.6 Å². The lowest BCUT2D eigenvalue weighted by Crippen LogP contribution is -2.25. The van der Waals surface area contributed by atoms with Gasteiger partial charge in [0.2, 0.25) is 0 Å². The molecule has 1 amide bonds. The summed E-state index contributed by atoms with van der Waals surface area (Å²) in [5, 5.41) is 6.81. The van der Waals surface area contributed by atoms with Crippen molar-refractivity contribution in [2.75, 3.05) is 35.7 Å². The predicted octanol–water partition coefficient (Wildman–Crippen LogP) is 2.09. The molecule has 4 nitrogen and oxygen atoms in total. The molecule has 2 rings (SSSR count). The highest BCUT2D eigenvalue weighted by Gasteiger charge is 2.14. The summed E-state index contributed by atoms with van der Waals surface area (Å²) >= 11 is 4.04. The molecule has 1 aromatic rings. The molecule has 2 N–H and O–H groups in total. The van der Waals surface area contributed by atoms with E-state index in [4.69, 9.17) is 0 Å². The summed E-state index contributed by atoms with van der Waals surface area (Å²) < 4.78 is 0. The van der Waals surface area contributed by atoms with Gasteiger partial charge in [0.05, 0.1) is 0 Å². The SMILES string of the molecule is CCNC(=O)c1cc(NCC2CSCCS2)ccn1. The fourth-order valence-electron chi connectivity index (χ4n) is 1.80. The lowest BCUT2D eigenvalue weighted by Gasteiger charge is -2.21. The highest BCUT2D eigenvalue weighted by atomic mass is 32.2. The molecule has 6 heteroatoms. The molecule has 0 spiro atoms. The standard InChI is InChI=1S/C13H19N3OS2/c1-2-14-13(17)12-7-10(3-4-15-12)16-8-11-9-18-5-6-19-11/h3-4,7,11H,2,5-6,8-9H2,1H3,(H,14,17)(H,15,16). The largest absolute Gasteiger partial charge is 0.384 e. The second-order valence-corrected chi connectivity index (χ2v) is 6.80. The summed E-state index contributed by atoms with van der Waals surface area (Å²) in [6.07, 6.45) is 1.68. The first-order chi connectivity index (χ1) is 9.29.